The van der Waals surface area contributed by atoms with Gasteiger partial charge < -0.3 is 4.52 Å². The second kappa shape index (κ2) is 4.75. The molecule has 0 unspecified atom stereocenters. The molecule has 0 bridgehead atoms. The first-order valence-electron chi connectivity index (χ1n) is 5.28. The second-order valence-electron chi connectivity index (χ2n) is 3.83. The molecule has 0 saturated carbocycles. The fraction of sp³-hybridized carbons (Fsp3) is 0.167. The monoisotopic (exact) mass is 270 g/mol. The summed E-state index contributed by atoms with van der Waals surface area (Å²) in [6.07, 6.45) is -4.37. The number of hydrogen-bond acceptors (Lipinski definition) is 3. The molecule has 1 aromatic carbocycles. The Hall–Kier alpha value is -2.31. The first kappa shape index (κ1) is 13.1. The molecule has 7 heteroatoms. The van der Waals surface area contributed by atoms with Gasteiger partial charge in [-0.15, -0.1) is 0 Å². The summed E-state index contributed by atoms with van der Waals surface area (Å²) >= 11 is 0. The molecule has 0 spiro atoms. The van der Waals surface area contributed by atoms with Gasteiger partial charge in [-0.25, -0.2) is 0 Å². The molecule has 1 amide bonds. The van der Waals surface area contributed by atoms with E-state index in [1.165, 1.54) is 25.1 Å². The van der Waals surface area contributed by atoms with Crippen LogP contribution in [0.3, 0.4) is 0 Å². The Balaban J connectivity index is 2.23. The van der Waals surface area contributed by atoms with Crippen molar-refractivity contribution in [2.45, 2.75) is 13.1 Å². The van der Waals surface area contributed by atoms with E-state index in [1.54, 1.807) is 0 Å². The molecule has 2 rings (SSSR count). The van der Waals surface area contributed by atoms with Gasteiger partial charge >= 0.3 is 6.18 Å². The lowest BCUT2D eigenvalue weighted by atomic mass is 10.1. The Morgan fingerprint density at radius 2 is 1.89 bits per heavy atom. The maximum Gasteiger partial charge on any atom is 0.416 e. The average Bonchev–Trinajstić information content (AvgIpc) is 2.75. The maximum absolute atomic E-state index is 12.4. The lowest BCUT2D eigenvalue weighted by Crippen LogP contribution is -2.04. The molecule has 0 saturated heterocycles. The molecule has 0 atom stereocenters. The molecule has 1 heterocycles. The summed E-state index contributed by atoms with van der Waals surface area (Å²) in [6.45, 7) is 1.31. The van der Waals surface area contributed by atoms with Crippen molar-refractivity contribution < 1.29 is 22.5 Å². The number of nitrogens with zero attached hydrogens (tertiary/aromatic N) is 1. The lowest BCUT2D eigenvalue weighted by molar-refractivity contribution is -0.137. The van der Waals surface area contributed by atoms with E-state index >= 15 is 0 Å². The highest BCUT2D eigenvalue weighted by Crippen LogP contribution is 2.31. The van der Waals surface area contributed by atoms with Crippen LogP contribution in [-0.4, -0.2) is 11.1 Å². The largest absolute Gasteiger partial charge is 0.416 e. The van der Waals surface area contributed by atoms with Crippen LogP contribution in [0.1, 0.15) is 12.5 Å². The number of carbonyl (C=O) groups is 1. The van der Waals surface area contributed by atoms with Crippen molar-refractivity contribution in [2.24, 2.45) is 0 Å². The van der Waals surface area contributed by atoms with Gasteiger partial charge in [-0.3, -0.25) is 10.1 Å². The highest BCUT2D eigenvalue weighted by molar-refractivity contribution is 5.87. The zero-order valence-electron chi connectivity index (χ0n) is 9.78. The number of aromatic nitrogens is 1. The third kappa shape index (κ3) is 3.12. The highest BCUT2D eigenvalue weighted by atomic mass is 19.4. The fourth-order valence-electron chi connectivity index (χ4n) is 1.47. The van der Waals surface area contributed by atoms with Gasteiger partial charge in [-0.1, -0.05) is 17.3 Å². The number of amides is 1. The SMILES string of the molecule is CC(=O)Nc1cc(-c2ccc(C(F)(F)F)cc2)no1. The molecule has 2 aromatic rings. The Labute approximate surface area is 106 Å². The molecule has 1 N–H and O–H groups in total. The van der Waals surface area contributed by atoms with Crippen LogP contribution in [0.4, 0.5) is 19.1 Å². The quantitative estimate of drug-likeness (QED) is 0.910. The number of nitrogens with one attached hydrogen (secondary N) is 1. The van der Waals surface area contributed by atoms with Crippen molar-refractivity contribution in [2.75, 3.05) is 5.32 Å². The molecule has 1 aromatic heterocycles. The van der Waals surface area contributed by atoms with Gasteiger partial charge in [0.25, 0.3) is 0 Å². The number of halogens is 3. The molecule has 19 heavy (non-hydrogen) atoms. The predicted octanol–water partition coefficient (Wildman–Crippen LogP) is 3.32. The van der Waals surface area contributed by atoms with E-state index in [0.717, 1.165) is 12.1 Å². The minimum atomic E-state index is -4.37. The summed E-state index contributed by atoms with van der Waals surface area (Å²) in [5.41, 5.74) is 0.0765. The summed E-state index contributed by atoms with van der Waals surface area (Å²) in [4.78, 5) is 10.8. The van der Waals surface area contributed by atoms with E-state index in [-0.39, 0.29) is 11.8 Å². The van der Waals surface area contributed by atoms with Crippen molar-refractivity contribution in [3.8, 4) is 11.3 Å². The van der Waals surface area contributed by atoms with Crippen LogP contribution >= 0.6 is 0 Å². The molecule has 0 aliphatic carbocycles. The van der Waals surface area contributed by atoms with Gasteiger partial charge in [0, 0.05) is 18.6 Å². The van der Waals surface area contributed by atoms with Crippen molar-refractivity contribution >= 4 is 11.8 Å². The molecular weight excluding hydrogens is 261 g/mol. The molecular formula is C12H9F3N2O2. The van der Waals surface area contributed by atoms with Gasteiger partial charge in [0.2, 0.25) is 11.8 Å². The Morgan fingerprint density at radius 1 is 1.26 bits per heavy atom. The second-order valence-corrected chi connectivity index (χ2v) is 3.83. The molecule has 100 valence electrons. The van der Waals surface area contributed by atoms with Crippen LogP contribution in [0.25, 0.3) is 11.3 Å². The van der Waals surface area contributed by atoms with Gasteiger partial charge in [0.1, 0.15) is 5.69 Å². The van der Waals surface area contributed by atoms with Crippen LogP contribution in [0.5, 0.6) is 0 Å². The number of benzene rings is 1. The van der Waals surface area contributed by atoms with E-state index in [4.69, 9.17) is 4.52 Å². The number of anilines is 1. The van der Waals surface area contributed by atoms with Crippen molar-refractivity contribution in [3.05, 3.63) is 35.9 Å². The molecule has 0 aliphatic rings. The minimum Gasteiger partial charge on any atom is -0.338 e. The van der Waals surface area contributed by atoms with Crippen molar-refractivity contribution in [3.63, 3.8) is 0 Å². The minimum absolute atomic E-state index is 0.141. The molecule has 4 nitrogen and oxygen atoms in total. The number of rotatable bonds is 2. The number of hydrogen-bond donors (Lipinski definition) is 1. The Bertz CT molecular complexity index is 588. The zero-order valence-corrected chi connectivity index (χ0v) is 9.78. The number of alkyl halides is 3. The van der Waals surface area contributed by atoms with E-state index in [2.05, 4.69) is 10.5 Å². The van der Waals surface area contributed by atoms with Crippen LogP contribution in [-0.2, 0) is 11.0 Å². The number of carbonyl (C=O) groups excluding carboxylic acids is 1. The maximum atomic E-state index is 12.4. The van der Waals surface area contributed by atoms with E-state index in [9.17, 15) is 18.0 Å². The van der Waals surface area contributed by atoms with Crippen LogP contribution in [0.2, 0.25) is 0 Å². The summed E-state index contributed by atoms with van der Waals surface area (Å²) in [7, 11) is 0. The average molecular weight is 270 g/mol. The van der Waals surface area contributed by atoms with Gasteiger partial charge in [-0.2, -0.15) is 13.2 Å². The fourth-order valence-corrected chi connectivity index (χ4v) is 1.47. The van der Waals surface area contributed by atoms with E-state index in [1.807, 2.05) is 0 Å². The smallest absolute Gasteiger partial charge is 0.338 e. The van der Waals surface area contributed by atoms with E-state index < -0.39 is 11.7 Å². The van der Waals surface area contributed by atoms with Gasteiger partial charge in [-0.05, 0) is 12.1 Å². The Kier molecular flexibility index (Phi) is 3.28. The van der Waals surface area contributed by atoms with Crippen molar-refractivity contribution in [1.29, 1.82) is 0 Å². The van der Waals surface area contributed by atoms with Crippen LogP contribution in [0.15, 0.2) is 34.9 Å². The van der Waals surface area contributed by atoms with Crippen LogP contribution in [0, 0.1) is 0 Å². The first-order chi connectivity index (χ1) is 8.86. The molecule has 0 fully saturated rings. The van der Waals surface area contributed by atoms with Gasteiger partial charge in [0.05, 0.1) is 5.56 Å². The summed E-state index contributed by atoms with van der Waals surface area (Å²) < 4.78 is 42.0. The summed E-state index contributed by atoms with van der Waals surface area (Å²) in [5.74, 6) is -0.183. The van der Waals surface area contributed by atoms with Crippen LogP contribution < -0.4 is 5.32 Å². The summed E-state index contributed by atoms with van der Waals surface area (Å²) in [6, 6.07) is 5.94. The van der Waals surface area contributed by atoms with Gasteiger partial charge in [0.15, 0.2) is 0 Å². The topological polar surface area (TPSA) is 55.1 Å². The third-order valence-corrected chi connectivity index (χ3v) is 2.32. The Morgan fingerprint density at radius 3 is 2.42 bits per heavy atom. The molecule has 0 aliphatic heterocycles. The normalized spacial score (nSPS) is 11.4. The summed E-state index contributed by atoms with van der Waals surface area (Å²) in [5, 5.41) is 6.04. The van der Waals surface area contributed by atoms with Crippen molar-refractivity contribution in [1.82, 2.24) is 5.16 Å². The zero-order chi connectivity index (χ0) is 14.0. The highest BCUT2D eigenvalue weighted by Gasteiger charge is 2.30. The van der Waals surface area contributed by atoms with E-state index in [0.29, 0.717) is 11.3 Å². The lowest BCUT2D eigenvalue weighted by Gasteiger charge is -2.06. The molecule has 0 radical (unpaired) electrons. The predicted molar refractivity (Wildman–Crippen MR) is 61.2 cm³/mol. The first-order valence-corrected chi connectivity index (χ1v) is 5.28. The third-order valence-electron chi connectivity index (χ3n) is 2.32. The standard InChI is InChI=1S/C12H9F3N2O2/c1-7(18)16-11-6-10(17-19-11)8-2-4-9(5-3-8)12(13,14)15/h2-6H,1H3,(H,16,18).